The molecular formula is C7H10ClNOS. The molecule has 0 spiro atoms. The smallest absolute Gasteiger partial charge is 0.142 e. The van der Waals surface area contributed by atoms with E-state index < -0.39 is 0 Å². The number of nitrogens with one attached hydrogen (secondary N) is 1. The first kappa shape index (κ1) is 9.00. The number of hydrogen-bond acceptors (Lipinski definition) is 3. The SMILES string of the molecule is CNC(OC)c1ccc(Cl)s1. The van der Waals surface area contributed by atoms with Gasteiger partial charge < -0.3 is 4.74 Å². The fraction of sp³-hybridized carbons (Fsp3) is 0.429. The van der Waals surface area contributed by atoms with Crippen molar-refractivity contribution < 1.29 is 4.74 Å². The predicted molar refractivity (Wildman–Crippen MR) is 48.1 cm³/mol. The Kier molecular flexibility index (Phi) is 3.33. The minimum Gasteiger partial charge on any atom is -0.361 e. The summed E-state index contributed by atoms with van der Waals surface area (Å²) in [5, 5.41) is 3.01. The fourth-order valence-corrected chi connectivity index (χ4v) is 1.99. The van der Waals surface area contributed by atoms with Gasteiger partial charge >= 0.3 is 0 Å². The molecule has 1 aromatic rings. The highest BCUT2D eigenvalue weighted by molar-refractivity contribution is 7.16. The van der Waals surface area contributed by atoms with Gasteiger partial charge in [0.25, 0.3) is 0 Å². The second kappa shape index (κ2) is 4.07. The van der Waals surface area contributed by atoms with Gasteiger partial charge in [-0.1, -0.05) is 11.6 Å². The second-order valence-corrected chi connectivity index (χ2v) is 3.79. The minimum atomic E-state index is -0.0347. The van der Waals surface area contributed by atoms with Crippen molar-refractivity contribution in [1.82, 2.24) is 5.32 Å². The first-order valence-corrected chi connectivity index (χ1v) is 4.42. The summed E-state index contributed by atoms with van der Waals surface area (Å²) in [5.41, 5.74) is 0. The summed E-state index contributed by atoms with van der Waals surface area (Å²) in [7, 11) is 3.51. The van der Waals surface area contributed by atoms with Crippen LogP contribution in [0.15, 0.2) is 12.1 Å². The van der Waals surface area contributed by atoms with Crippen LogP contribution in [-0.4, -0.2) is 14.2 Å². The Hall–Kier alpha value is -0.0900. The van der Waals surface area contributed by atoms with Crippen molar-refractivity contribution in [3.05, 3.63) is 21.3 Å². The van der Waals surface area contributed by atoms with Gasteiger partial charge in [0.15, 0.2) is 0 Å². The standard InChI is InChI=1S/C7H10ClNOS/c1-9-7(10-2)5-3-4-6(8)11-5/h3-4,7,9H,1-2H3. The molecule has 0 aliphatic heterocycles. The van der Waals surface area contributed by atoms with Crippen LogP contribution >= 0.6 is 22.9 Å². The van der Waals surface area contributed by atoms with Crippen molar-refractivity contribution in [1.29, 1.82) is 0 Å². The summed E-state index contributed by atoms with van der Waals surface area (Å²) < 4.78 is 5.93. The van der Waals surface area contributed by atoms with Gasteiger partial charge in [-0.25, -0.2) is 0 Å². The van der Waals surface area contributed by atoms with Gasteiger partial charge in [0, 0.05) is 12.0 Å². The Labute approximate surface area is 75.1 Å². The molecule has 0 saturated carbocycles. The Morgan fingerprint density at radius 2 is 2.36 bits per heavy atom. The molecular weight excluding hydrogens is 182 g/mol. The summed E-state index contributed by atoms with van der Waals surface area (Å²) in [6.45, 7) is 0. The van der Waals surface area contributed by atoms with E-state index in [4.69, 9.17) is 16.3 Å². The summed E-state index contributed by atoms with van der Waals surface area (Å²) in [6.07, 6.45) is -0.0347. The molecule has 0 aliphatic carbocycles. The van der Waals surface area contributed by atoms with Gasteiger partial charge in [0.05, 0.1) is 4.34 Å². The third-order valence-electron chi connectivity index (χ3n) is 1.35. The Bertz CT molecular complexity index is 222. The summed E-state index contributed by atoms with van der Waals surface area (Å²) in [6, 6.07) is 3.82. The maximum Gasteiger partial charge on any atom is 0.142 e. The van der Waals surface area contributed by atoms with Gasteiger partial charge in [0.1, 0.15) is 6.23 Å². The number of thiophene rings is 1. The Morgan fingerprint density at radius 1 is 1.64 bits per heavy atom. The van der Waals surface area contributed by atoms with Gasteiger partial charge in [0.2, 0.25) is 0 Å². The van der Waals surface area contributed by atoms with Crippen molar-refractivity contribution >= 4 is 22.9 Å². The molecule has 62 valence electrons. The van der Waals surface area contributed by atoms with Crippen LogP contribution in [-0.2, 0) is 4.74 Å². The first-order chi connectivity index (χ1) is 5.27. The quantitative estimate of drug-likeness (QED) is 0.741. The van der Waals surface area contributed by atoms with Crippen LogP contribution in [0.1, 0.15) is 11.1 Å². The average molecular weight is 192 g/mol. The molecule has 0 saturated heterocycles. The lowest BCUT2D eigenvalue weighted by atomic mass is 10.4. The van der Waals surface area contributed by atoms with Crippen LogP contribution in [0.5, 0.6) is 0 Å². The highest BCUT2D eigenvalue weighted by atomic mass is 35.5. The monoisotopic (exact) mass is 191 g/mol. The van der Waals surface area contributed by atoms with E-state index in [0.717, 1.165) is 9.21 Å². The Morgan fingerprint density at radius 3 is 2.73 bits per heavy atom. The van der Waals surface area contributed by atoms with Crippen molar-refractivity contribution in [2.45, 2.75) is 6.23 Å². The van der Waals surface area contributed by atoms with E-state index in [9.17, 15) is 0 Å². The van der Waals surface area contributed by atoms with Crippen LogP contribution in [0.25, 0.3) is 0 Å². The molecule has 1 rings (SSSR count). The second-order valence-electron chi connectivity index (χ2n) is 2.05. The van der Waals surface area contributed by atoms with Crippen LogP contribution in [0.4, 0.5) is 0 Å². The summed E-state index contributed by atoms with van der Waals surface area (Å²) in [5.74, 6) is 0. The molecule has 1 atom stereocenters. The largest absolute Gasteiger partial charge is 0.361 e. The van der Waals surface area contributed by atoms with E-state index in [-0.39, 0.29) is 6.23 Å². The first-order valence-electron chi connectivity index (χ1n) is 3.23. The molecule has 0 amide bonds. The number of methoxy groups -OCH3 is 1. The van der Waals surface area contributed by atoms with E-state index in [0.29, 0.717) is 0 Å². The third-order valence-corrected chi connectivity index (χ3v) is 2.62. The molecule has 1 N–H and O–H groups in total. The molecule has 2 nitrogen and oxygen atoms in total. The highest BCUT2D eigenvalue weighted by Gasteiger charge is 2.08. The number of hydrogen-bond donors (Lipinski definition) is 1. The van der Waals surface area contributed by atoms with Crippen LogP contribution in [0.2, 0.25) is 4.34 Å². The molecule has 4 heteroatoms. The molecule has 0 fully saturated rings. The van der Waals surface area contributed by atoms with Crippen molar-refractivity contribution in [3.8, 4) is 0 Å². The number of ether oxygens (including phenoxy) is 1. The van der Waals surface area contributed by atoms with Crippen molar-refractivity contribution in [2.75, 3.05) is 14.2 Å². The zero-order valence-corrected chi connectivity index (χ0v) is 8.00. The molecule has 0 aromatic carbocycles. The normalized spacial score (nSPS) is 13.4. The summed E-state index contributed by atoms with van der Waals surface area (Å²) in [4.78, 5) is 1.10. The van der Waals surface area contributed by atoms with Crippen LogP contribution < -0.4 is 5.32 Å². The van der Waals surface area contributed by atoms with Crippen LogP contribution in [0, 0.1) is 0 Å². The maximum absolute atomic E-state index is 5.75. The van der Waals surface area contributed by atoms with Gasteiger partial charge in [-0.2, -0.15) is 0 Å². The van der Waals surface area contributed by atoms with E-state index in [1.165, 1.54) is 11.3 Å². The minimum absolute atomic E-state index is 0.0347. The van der Waals surface area contributed by atoms with E-state index in [2.05, 4.69) is 5.32 Å². The zero-order valence-electron chi connectivity index (χ0n) is 6.43. The molecule has 1 aromatic heterocycles. The molecule has 0 bridgehead atoms. The molecule has 1 heterocycles. The van der Waals surface area contributed by atoms with Gasteiger partial charge in [-0.15, -0.1) is 11.3 Å². The maximum atomic E-state index is 5.75. The highest BCUT2D eigenvalue weighted by Crippen LogP contribution is 2.26. The lowest BCUT2D eigenvalue weighted by Gasteiger charge is -2.10. The molecule has 11 heavy (non-hydrogen) atoms. The number of halogens is 1. The van der Waals surface area contributed by atoms with Gasteiger partial charge in [-0.3, -0.25) is 5.32 Å². The predicted octanol–water partition coefficient (Wildman–Crippen LogP) is 2.27. The molecule has 0 radical (unpaired) electrons. The third kappa shape index (κ3) is 2.17. The topological polar surface area (TPSA) is 21.3 Å². The lowest BCUT2D eigenvalue weighted by molar-refractivity contribution is 0.0838. The van der Waals surface area contributed by atoms with Crippen molar-refractivity contribution in [3.63, 3.8) is 0 Å². The summed E-state index contributed by atoms with van der Waals surface area (Å²) >= 11 is 7.28. The zero-order chi connectivity index (χ0) is 8.27. The Balaban J connectivity index is 2.73. The van der Waals surface area contributed by atoms with E-state index in [1.807, 2.05) is 19.2 Å². The lowest BCUT2D eigenvalue weighted by Crippen LogP contribution is -2.16. The van der Waals surface area contributed by atoms with Crippen molar-refractivity contribution in [2.24, 2.45) is 0 Å². The van der Waals surface area contributed by atoms with E-state index >= 15 is 0 Å². The van der Waals surface area contributed by atoms with E-state index in [1.54, 1.807) is 7.11 Å². The molecule has 1 unspecified atom stereocenters. The van der Waals surface area contributed by atoms with Gasteiger partial charge in [-0.05, 0) is 19.2 Å². The number of rotatable bonds is 3. The molecule has 0 aliphatic rings. The fourth-order valence-electron chi connectivity index (χ4n) is 0.845. The average Bonchev–Trinajstić information content (AvgIpc) is 2.39. The van der Waals surface area contributed by atoms with Crippen LogP contribution in [0.3, 0.4) is 0 Å².